The standard InChI is InChI=1S/C20H22N2O3S/c1-3-14-7-9-15(10-8-14)21-18-17(16-6-4-13-26-16)19(23)22(20(18)24)11-5-12-25-2/h4,6-10,13,21H,3,5,11-12H2,1-2H3. The van der Waals surface area contributed by atoms with E-state index in [4.69, 9.17) is 4.74 Å². The molecule has 0 fully saturated rings. The Balaban J connectivity index is 1.90. The highest BCUT2D eigenvalue weighted by atomic mass is 32.1. The van der Waals surface area contributed by atoms with Crippen LogP contribution in [-0.4, -0.2) is 37.0 Å². The van der Waals surface area contributed by atoms with Crippen molar-refractivity contribution in [1.29, 1.82) is 0 Å². The van der Waals surface area contributed by atoms with E-state index in [0.717, 1.165) is 17.0 Å². The highest BCUT2D eigenvalue weighted by Gasteiger charge is 2.39. The molecular formula is C20H22N2O3S. The van der Waals surface area contributed by atoms with Gasteiger partial charge >= 0.3 is 0 Å². The van der Waals surface area contributed by atoms with Gasteiger partial charge in [-0.2, -0.15) is 0 Å². The van der Waals surface area contributed by atoms with Gasteiger partial charge in [0.15, 0.2) is 0 Å². The van der Waals surface area contributed by atoms with Gasteiger partial charge in [0.1, 0.15) is 5.70 Å². The molecule has 3 rings (SSSR count). The number of thiophene rings is 1. The average molecular weight is 370 g/mol. The molecular weight excluding hydrogens is 348 g/mol. The molecule has 0 spiro atoms. The minimum atomic E-state index is -0.283. The van der Waals surface area contributed by atoms with Gasteiger partial charge in [0, 0.05) is 30.8 Å². The summed E-state index contributed by atoms with van der Waals surface area (Å²) in [7, 11) is 1.61. The van der Waals surface area contributed by atoms with E-state index in [1.165, 1.54) is 21.8 Å². The number of carbonyl (C=O) groups excluding carboxylic acids is 2. The Labute approximate surface area is 157 Å². The Morgan fingerprint density at radius 1 is 1.12 bits per heavy atom. The summed E-state index contributed by atoms with van der Waals surface area (Å²) in [4.78, 5) is 27.9. The fourth-order valence-electron chi connectivity index (χ4n) is 2.88. The number of amides is 2. The predicted octanol–water partition coefficient (Wildman–Crippen LogP) is 3.54. The minimum Gasteiger partial charge on any atom is -0.385 e. The van der Waals surface area contributed by atoms with Crippen molar-refractivity contribution in [3.63, 3.8) is 0 Å². The lowest BCUT2D eigenvalue weighted by Crippen LogP contribution is -2.33. The largest absolute Gasteiger partial charge is 0.385 e. The van der Waals surface area contributed by atoms with Crippen molar-refractivity contribution >= 4 is 34.4 Å². The Kier molecular flexibility index (Phi) is 5.85. The number of carbonyl (C=O) groups is 2. The van der Waals surface area contributed by atoms with Crippen LogP contribution in [0.25, 0.3) is 5.57 Å². The summed E-state index contributed by atoms with van der Waals surface area (Å²) >= 11 is 1.45. The monoisotopic (exact) mass is 370 g/mol. The normalized spacial score (nSPS) is 14.5. The zero-order chi connectivity index (χ0) is 18.5. The van der Waals surface area contributed by atoms with Crippen molar-refractivity contribution in [3.8, 4) is 0 Å². The van der Waals surface area contributed by atoms with Crippen LogP contribution in [0.1, 0.15) is 23.8 Å². The van der Waals surface area contributed by atoms with E-state index in [9.17, 15) is 9.59 Å². The van der Waals surface area contributed by atoms with E-state index in [-0.39, 0.29) is 11.8 Å². The van der Waals surface area contributed by atoms with Crippen molar-refractivity contribution in [3.05, 3.63) is 57.9 Å². The Morgan fingerprint density at radius 2 is 1.88 bits per heavy atom. The molecule has 2 aromatic rings. The van der Waals surface area contributed by atoms with Crippen LogP contribution in [0.5, 0.6) is 0 Å². The maximum atomic E-state index is 12.9. The first-order chi connectivity index (χ1) is 12.7. The van der Waals surface area contributed by atoms with Gasteiger partial charge in [0.2, 0.25) is 0 Å². The van der Waals surface area contributed by atoms with Gasteiger partial charge in [0.25, 0.3) is 11.8 Å². The molecule has 1 aromatic carbocycles. The van der Waals surface area contributed by atoms with Crippen molar-refractivity contribution < 1.29 is 14.3 Å². The van der Waals surface area contributed by atoms with Crippen LogP contribution < -0.4 is 5.32 Å². The molecule has 2 amide bonds. The highest BCUT2D eigenvalue weighted by Crippen LogP contribution is 2.32. The summed E-state index contributed by atoms with van der Waals surface area (Å²) < 4.78 is 5.04. The van der Waals surface area contributed by atoms with Gasteiger partial charge in [-0.3, -0.25) is 14.5 Å². The SMILES string of the molecule is CCc1ccc(NC2=C(c3cccs3)C(=O)N(CCCOC)C2=O)cc1. The van der Waals surface area contributed by atoms with Crippen LogP contribution >= 0.6 is 11.3 Å². The minimum absolute atomic E-state index is 0.249. The Morgan fingerprint density at radius 3 is 2.50 bits per heavy atom. The van der Waals surface area contributed by atoms with Crippen LogP contribution in [0, 0.1) is 0 Å². The fourth-order valence-corrected chi connectivity index (χ4v) is 3.65. The molecule has 1 aliphatic heterocycles. The Bertz CT molecular complexity index is 810. The van der Waals surface area contributed by atoms with Crippen molar-refractivity contribution in [2.45, 2.75) is 19.8 Å². The summed E-state index contributed by atoms with van der Waals surface area (Å²) in [5, 5.41) is 5.08. The predicted molar refractivity (Wildman–Crippen MR) is 104 cm³/mol. The molecule has 6 heteroatoms. The maximum absolute atomic E-state index is 12.9. The zero-order valence-corrected chi connectivity index (χ0v) is 15.8. The molecule has 136 valence electrons. The number of methoxy groups -OCH3 is 1. The van der Waals surface area contributed by atoms with Gasteiger partial charge in [-0.1, -0.05) is 25.1 Å². The maximum Gasteiger partial charge on any atom is 0.278 e. The highest BCUT2D eigenvalue weighted by molar-refractivity contribution is 7.11. The molecule has 0 saturated heterocycles. The summed E-state index contributed by atoms with van der Waals surface area (Å²) in [5.74, 6) is -0.532. The first kappa shape index (κ1) is 18.4. The smallest absolute Gasteiger partial charge is 0.278 e. The van der Waals surface area contributed by atoms with E-state index in [1.54, 1.807) is 7.11 Å². The third-order valence-corrected chi connectivity index (χ3v) is 5.18. The number of aryl methyl sites for hydroxylation is 1. The zero-order valence-electron chi connectivity index (χ0n) is 15.0. The molecule has 0 unspecified atom stereocenters. The lowest BCUT2D eigenvalue weighted by Gasteiger charge is -2.14. The van der Waals surface area contributed by atoms with Crippen molar-refractivity contribution in [2.75, 3.05) is 25.6 Å². The third kappa shape index (κ3) is 3.71. The second-order valence-corrected chi connectivity index (χ2v) is 6.96. The van der Waals surface area contributed by atoms with Gasteiger partial charge in [-0.05, 0) is 42.0 Å². The van der Waals surface area contributed by atoms with Crippen LogP contribution in [0.15, 0.2) is 47.5 Å². The van der Waals surface area contributed by atoms with E-state index in [1.807, 2.05) is 41.8 Å². The van der Waals surface area contributed by atoms with E-state index >= 15 is 0 Å². The number of benzene rings is 1. The molecule has 2 heterocycles. The topological polar surface area (TPSA) is 58.6 Å². The van der Waals surface area contributed by atoms with E-state index < -0.39 is 0 Å². The van der Waals surface area contributed by atoms with Crippen molar-refractivity contribution in [2.24, 2.45) is 0 Å². The molecule has 26 heavy (non-hydrogen) atoms. The molecule has 0 aliphatic carbocycles. The number of rotatable bonds is 8. The van der Waals surface area contributed by atoms with Crippen LogP contribution in [0.2, 0.25) is 0 Å². The lowest BCUT2D eigenvalue weighted by molar-refractivity contribution is -0.136. The quantitative estimate of drug-likeness (QED) is 0.570. The molecule has 5 nitrogen and oxygen atoms in total. The summed E-state index contributed by atoms with van der Waals surface area (Å²) in [6, 6.07) is 11.7. The Hall–Kier alpha value is -2.44. The van der Waals surface area contributed by atoms with Crippen molar-refractivity contribution in [1.82, 2.24) is 4.90 Å². The fraction of sp³-hybridized carbons (Fsp3) is 0.300. The number of hydrogen-bond donors (Lipinski definition) is 1. The number of nitrogens with one attached hydrogen (secondary N) is 1. The molecule has 0 bridgehead atoms. The average Bonchev–Trinajstić information content (AvgIpc) is 3.25. The molecule has 1 N–H and O–H groups in total. The first-order valence-electron chi connectivity index (χ1n) is 8.65. The summed E-state index contributed by atoms with van der Waals surface area (Å²) in [6.07, 6.45) is 1.57. The number of hydrogen-bond acceptors (Lipinski definition) is 5. The van der Waals surface area contributed by atoms with Gasteiger partial charge in [-0.15, -0.1) is 11.3 Å². The van der Waals surface area contributed by atoms with E-state index in [0.29, 0.717) is 30.8 Å². The molecule has 0 radical (unpaired) electrons. The molecule has 0 saturated carbocycles. The second-order valence-electron chi connectivity index (χ2n) is 6.01. The number of nitrogens with zero attached hydrogens (tertiary/aromatic N) is 1. The third-order valence-electron chi connectivity index (χ3n) is 4.30. The van der Waals surface area contributed by atoms with Gasteiger partial charge < -0.3 is 10.1 Å². The lowest BCUT2D eigenvalue weighted by atomic mass is 10.1. The molecule has 1 aliphatic rings. The van der Waals surface area contributed by atoms with Crippen LogP contribution in [-0.2, 0) is 20.7 Å². The number of ether oxygens (including phenoxy) is 1. The van der Waals surface area contributed by atoms with Crippen LogP contribution in [0.4, 0.5) is 5.69 Å². The van der Waals surface area contributed by atoms with E-state index in [2.05, 4.69) is 12.2 Å². The molecule has 1 aromatic heterocycles. The molecule has 0 atom stereocenters. The summed E-state index contributed by atoms with van der Waals surface area (Å²) in [6.45, 7) is 2.95. The van der Waals surface area contributed by atoms with Gasteiger partial charge in [-0.25, -0.2) is 0 Å². The number of anilines is 1. The van der Waals surface area contributed by atoms with Gasteiger partial charge in [0.05, 0.1) is 5.57 Å². The van der Waals surface area contributed by atoms with Crippen LogP contribution in [0.3, 0.4) is 0 Å². The second kappa shape index (κ2) is 8.29. The summed E-state index contributed by atoms with van der Waals surface area (Å²) in [5.41, 5.74) is 2.81. The number of imide groups is 1. The first-order valence-corrected chi connectivity index (χ1v) is 9.53.